The molecule has 4 heteroatoms. The molecule has 0 saturated heterocycles. The van der Waals surface area contributed by atoms with Gasteiger partial charge in [0.25, 0.3) is 0 Å². The Morgan fingerprint density at radius 2 is 2.20 bits per heavy atom. The van der Waals surface area contributed by atoms with Gasteiger partial charge in [0.2, 0.25) is 12.0 Å². The van der Waals surface area contributed by atoms with Crippen molar-refractivity contribution in [3.8, 4) is 5.88 Å². The van der Waals surface area contributed by atoms with Crippen LogP contribution in [0.4, 0.5) is 5.69 Å². The molecule has 74 valence electrons. The van der Waals surface area contributed by atoms with Crippen LogP contribution in [0.15, 0.2) is 35.3 Å². The third kappa shape index (κ3) is 1.71. The normalized spacial score (nSPS) is 9.67. The fraction of sp³-hybridized carbons (Fsp3) is 0.0909. The molecule has 0 atom stereocenters. The summed E-state index contributed by atoms with van der Waals surface area (Å²) in [7, 11) is 1.49. The largest absolute Gasteiger partial charge is 0.479 e. The average molecular weight is 200 g/mol. The Labute approximate surface area is 86.2 Å². The highest BCUT2D eigenvalue weighted by Crippen LogP contribution is 2.28. The SMILES string of the molecule is COc1nc2ccccc2cc1N=C=O. The molecule has 0 N–H and O–H groups in total. The first kappa shape index (κ1) is 9.37. The Morgan fingerprint density at radius 3 is 2.93 bits per heavy atom. The van der Waals surface area contributed by atoms with Gasteiger partial charge in [-0.15, -0.1) is 0 Å². The van der Waals surface area contributed by atoms with E-state index in [0.29, 0.717) is 11.6 Å². The maximum Gasteiger partial charge on any atom is 0.241 e. The van der Waals surface area contributed by atoms with E-state index in [1.165, 1.54) is 13.2 Å². The molecule has 1 heterocycles. The first-order valence-electron chi connectivity index (χ1n) is 4.37. The number of methoxy groups -OCH3 is 1. The molecule has 1 aromatic carbocycles. The van der Waals surface area contributed by atoms with Crippen LogP contribution in [0, 0.1) is 0 Å². The van der Waals surface area contributed by atoms with Crippen molar-refractivity contribution in [3.05, 3.63) is 30.3 Å². The maximum absolute atomic E-state index is 10.2. The predicted molar refractivity (Wildman–Crippen MR) is 56.1 cm³/mol. The van der Waals surface area contributed by atoms with Crippen molar-refractivity contribution in [2.45, 2.75) is 0 Å². The molecule has 1 aromatic heterocycles. The molecule has 4 nitrogen and oxygen atoms in total. The molecule has 0 aliphatic rings. The van der Waals surface area contributed by atoms with Gasteiger partial charge >= 0.3 is 0 Å². The summed E-state index contributed by atoms with van der Waals surface area (Å²) < 4.78 is 5.02. The van der Waals surface area contributed by atoms with Crippen molar-refractivity contribution in [1.82, 2.24) is 4.98 Å². The van der Waals surface area contributed by atoms with Gasteiger partial charge in [-0.3, -0.25) is 0 Å². The zero-order valence-corrected chi connectivity index (χ0v) is 8.10. The molecule has 0 bridgehead atoms. The number of aromatic nitrogens is 1. The second-order valence-corrected chi connectivity index (χ2v) is 2.91. The number of pyridine rings is 1. The van der Waals surface area contributed by atoms with E-state index < -0.39 is 0 Å². The minimum absolute atomic E-state index is 0.331. The Kier molecular flexibility index (Phi) is 2.44. The summed E-state index contributed by atoms with van der Waals surface area (Å²) >= 11 is 0. The molecular formula is C11H8N2O2. The number of para-hydroxylation sites is 1. The van der Waals surface area contributed by atoms with E-state index in [-0.39, 0.29) is 0 Å². The van der Waals surface area contributed by atoms with Crippen LogP contribution in [0.2, 0.25) is 0 Å². The molecule has 15 heavy (non-hydrogen) atoms. The number of hydrogen-bond donors (Lipinski definition) is 0. The molecule has 2 rings (SSSR count). The van der Waals surface area contributed by atoms with Crippen LogP contribution in [0.3, 0.4) is 0 Å². The molecule has 0 saturated carbocycles. The molecule has 0 aliphatic heterocycles. The van der Waals surface area contributed by atoms with Gasteiger partial charge in [0.05, 0.1) is 12.6 Å². The smallest absolute Gasteiger partial charge is 0.241 e. The second-order valence-electron chi connectivity index (χ2n) is 2.91. The molecule has 0 unspecified atom stereocenters. The monoisotopic (exact) mass is 200 g/mol. The first-order chi connectivity index (χ1) is 7.35. The molecule has 2 aromatic rings. The van der Waals surface area contributed by atoms with Crippen molar-refractivity contribution in [3.63, 3.8) is 0 Å². The summed E-state index contributed by atoms with van der Waals surface area (Å²) in [4.78, 5) is 18.0. The molecule has 0 radical (unpaired) electrons. The van der Waals surface area contributed by atoms with Crippen molar-refractivity contribution < 1.29 is 9.53 Å². The van der Waals surface area contributed by atoms with Gasteiger partial charge in [-0.25, -0.2) is 9.78 Å². The van der Waals surface area contributed by atoms with Gasteiger partial charge in [0.1, 0.15) is 5.69 Å². The summed E-state index contributed by atoms with van der Waals surface area (Å²) in [5.41, 5.74) is 1.20. The molecule has 0 spiro atoms. The van der Waals surface area contributed by atoms with E-state index in [0.717, 1.165) is 10.9 Å². The average Bonchev–Trinajstić information content (AvgIpc) is 2.28. The summed E-state index contributed by atoms with van der Waals surface area (Å²) in [5, 5.41) is 0.910. The number of aliphatic imine (C=N–C) groups is 1. The number of benzene rings is 1. The van der Waals surface area contributed by atoms with Gasteiger partial charge in [-0.05, 0) is 12.1 Å². The highest BCUT2D eigenvalue weighted by molar-refractivity contribution is 5.83. The zero-order chi connectivity index (χ0) is 10.7. The van der Waals surface area contributed by atoms with Gasteiger partial charge in [-0.1, -0.05) is 18.2 Å². The van der Waals surface area contributed by atoms with Crippen molar-refractivity contribution in [2.24, 2.45) is 4.99 Å². The number of nitrogens with zero attached hydrogens (tertiary/aromatic N) is 2. The Balaban J connectivity index is 2.74. The van der Waals surface area contributed by atoms with E-state index >= 15 is 0 Å². The van der Waals surface area contributed by atoms with Crippen LogP contribution in [-0.2, 0) is 4.79 Å². The third-order valence-corrected chi connectivity index (χ3v) is 2.03. The van der Waals surface area contributed by atoms with Crippen LogP contribution in [0.1, 0.15) is 0 Å². The quantitative estimate of drug-likeness (QED) is 0.551. The lowest BCUT2D eigenvalue weighted by Gasteiger charge is -2.03. The van der Waals surface area contributed by atoms with Gasteiger partial charge < -0.3 is 4.74 Å². The lowest BCUT2D eigenvalue weighted by atomic mass is 10.2. The number of fused-ring (bicyclic) bond motifs is 1. The maximum atomic E-state index is 10.2. The standard InChI is InChI=1S/C11H8N2O2/c1-15-11-10(12-7-14)6-8-4-2-3-5-9(8)13-11/h2-6H,1H3. The fourth-order valence-corrected chi connectivity index (χ4v) is 1.37. The Bertz CT molecular complexity index is 545. The summed E-state index contributed by atoms with van der Waals surface area (Å²) in [5.74, 6) is 0.331. The lowest BCUT2D eigenvalue weighted by molar-refractivity contribution is 0.401. The topological polar surface area (TPSA) is 51.6 Å². The van der Waals surface area contributed by atoms with Crippen molar-refractivity contribution in [1.29, 1.82) is 0 Å². The van der Waals surface area contributed by atoms with E-state index in [4.69, 9.17) is 4.74 Å². The minimum atomic E-state index is 0.331. The molecule has 0 fully saturated rings. The highest BCUT2D eigenvalue weighted by Gasteiger charge is 2.05. The van der Waals surface area contributed by atoms with Crippen LogP contribution in [0.25, 0.3) is 10.9 Å². The third-order valence-electron chi connectivity index (χ3n) is 2.03. The first-order valence-corrected chi connectivity index (χ1v) is 4.37. The lowest BCUT2D eigenvalue weighted by Crippen LogP contribution is -1.88. The molecule has 0 aliphatic carbocycles. The predicted octanol–water partition coefficient (Wildman–Crippen LogP) is 2.21. The van der Waals surface area contributed by atoms with Gasteiger partial charge in [0, 0.05) is 5.39 Å². The van der Waals surface area contributed by atoms with E-state index in [1.54, 1.807) is 6.07 Å². The van der Waals surface area contributed by atoms with Crippen LogP contribution in [0.5, 0.6) is 5.88 Å². The van der Waals surface area contributed by atoms with Crippen LogP contribution < -0.4 is 4.74 Å². The van der Waals surface area contributed by atoms with Crippen molar-refractivity contribution in [2.75, 3.05) is 7.11 Å². The minimum Gasteiger partial charge on any atom is -0.479 e. The number of hydrogen-bond acceptors (Lipinski definition) is 4. The molecule has 0 amide bonds. The Morgan fingerprint density at radius 1 is 1.40 bits per heavy atom. The van der Waals surface area contributed by atoms with Crippen molar-refractivity contribution >= 4 is 22.7 Å². The number of isocyanates is 1. The summed E-state index contributed by atoms with van der Waals surface area (Å²) in [6.45, 7) is 0. The number of carbonyl (C=O) groups excluding carboxylic acids is 1. The number of ether oxygens (including phenoxy) is 1. The van der Waals surface area contributed by atoms with Crippen LogP contribution >= 0.6 is 0 Å². The zero-order valence-electron chi connectivity index (χ0n) is 8.10. The van der Waals surface area contributed by atoms with Gasteiger partial charge in [-0.2, -0.15) is 4.99 Å². The van der Waals surface area contributed by atoms with E-state index in [2.05, 4.69) is 9.98 Å². The highest BCUT2D eigenvalue weighted by atomic mass is 16.5. The molecular weight excluding hydrogens is 192 g/mol. The fourth-order valence-electron chi connectivity index (χ4n) is 1.37. The summed E-state index contributed by atoms with van der Waals surface area (Å²) in [6, 6.07) is 9.28. The second kappa shape index (κ2) is 3.90. The Hall–Kier alpha value is -2.19. The van der Waals surface area contributed by atoms with E-state index in [1.807, 2.05) is 24.3 Å². The van der Waals surface area contributed by atoms with Crippen LogP contribution in [-0.4, -0.2) is 18.2 Å². The van der Waals surface area contributed by atoms with E-state index in [9.17, 15) is 4.79 Å². The van der Waals surface area contributed by atoms with Gasteiger partial charge in [0.15, 0.2) is 0 Å². The summed E-state index contributed by atoms with van der Waals surface area (Å²) in [6.07, 6.45) is 1.48. The number of rotatable bonds is 2.